The number of ketones is 1. The number of rotatable bonds is 10. The monoisotopic (exact) mass is 390 g/mol. The second-order valence-electron chi connectivity index (χ2n) is 6.63. The fourth-order valence-corrected chi connectivity index (χ4v) is 4.34. The molecule has 0 bridgehead atoms. The molecule has 0 amide bonds. The Kier molecular flexibility index (Phi) is 7.63. The van der Waals surface area contributed by atoms with E-state index in [1.54, 1.807) is 24.3 Å². The Morgan fingerprint density at radius 3 is 2.22 bits per heavy atom. The molecule has 0 saturated carbocycles. The molecule has 1 atom stereocenters. The summed E-state index contributed by atoms with van der Waals surface area (Å²) in [7, 11) is -3.32. The Morgan fingerprint density at radius 1 is 1.00 bits per heavy atom. The number of hydrogen-bond donors (Lipinski definition) is 4. The third-order valence-electron chi connectivity index (χ3n) is 4.15. The maximum Gasteiger partial charge on any atom is 0.307 e. The van der Waals surface area contributed by atoms with Crippen molar-refractivity contribution in [1.29, 1.82) is 0 Å². The lowest BCUT2D eigenvalue weighted by atomic mass is 10.0. The van der Waals surface area contributed by atoms with Crippen LogP contribution in [0.25, 0.3) is 0 Å². The summed E-state index contributed by atoms with van der Waals surface area (Å²) in [5.41, 5.74) is 2.44. The molecular formula is C20H25NO5P+. The molecule has 144 valence electrons. The number of carboxylic acid groups (broad SMARTS) is 1. The molecule has 7 heteroatoms. The van der Waals surface area contributed by atoms with Crippen molar-refractivity contribution >= 4 is 19.5 Å². The average molecular weight is 390 g/mol. The summed E-state index contributed by atoms with van der Waals surface area (Å²) in [6.07, 6.45) is -0.180. The topological polar surface area (TPSA) is 107 Å². The molecule has 0 heterocycles. The Hall–Kier alpha value is -2.11. The summed E-state index contributed by atoms with van der Waals surface area (Å²) in [4.78, 5) is 43.2. The van der Waals surface area contributed by atoms with Gasteiger partial charge in [-0.15, -0.1) is 0 Å². The zero-order valence-corrected chi connectivity index (χ0v) is 16.1. The van der Waals surface area contributed by atoms with Crippen LogP contribution >= 0.6 is 7.72 Å². The minimum atomic E-state index is -3.32. The van der Waals surface area contributed by atoms with E-state index in [-0.39, 0.29) is 37.1 Å². The number of nitrogens with one attached hydrogen (secondary N) is 1. The van der Waals surface area contributed by atoms with Gasteiger partial charge in [-0.25, -0.2) is 9.79 Å². The van der Waals surface area contributed by atoms with E-state index in [4.69, 9.17) is 5.11 Å². The first-order valence-electron chi connectivity index (χ1n) is 8.67. The van der Waals surface area contributed by atoms with E-state index >= 15 is 0 Å². The van der Waals surface area contributed by atoms with E-state index in [0.29, 0.717) is 5.56 Å². The first-order valence-corrected chi connectivity index (χ1v) is 10.7. The maximum absolute atomic E-state index is 12.1. The molecule has 4 N–H and O–H groups in total. The highest BCUT2D eigenvalue weighted by Gasteiger charge is 2.36. The SMILES string of the molecule is CC(NCC(=O)C[P+](O)(O)Cc1ccccc1)c1ccc(CC(=O)O)cc1. The molecule has 0 aliphatic carbocycles. The normalized spacial score (nSPS) is 12.6. The second kappa shape index (κ2) is 9.72. The molecule has 0 fully saturated rings. The molecule has 2 aromatic carbocycles. The predicted octanol–water partition coefficient (Wildman–Crippen LogP) is 2.57. The fraction of sp³-hybridized carbons (Fsp3) is 0.300. The van der Waals surface area contributed by atoms with Crippen LogP contribution in [0.3, 0.4) is 0 Å². The van der Waals surface area contributed by atoms with Crippen molar-refractivity contribution < 1.29 is 24.5 Å². The Morgan fingerprint density at radius 2 is 1.63 bits per heavy atom. The second-order valence-corrected chi connectivity index (χ2v) is 9.02. The van der Waals surface area contributed by atoms with Gasteiger partial charge in [-0.2, -0.15) is 0 Å². The highest BCUT2D eigenvalue weighted by Crippen LogP contribution is 2.52. The van der Waals surface area contributed by atoms with Crippen LogP contribution < -0.4 is 5.32 Å². The number of carbonyl (C=O) groups is 2. The van der Waals surface area contributed by atoms with E-state index < -0.39 is 13.7 Å². The lowest BCUT2D eigenvalue weighted by Gasteiger charge is -2.16. The number of carbonyl (C=O) groups excluding carboxylic acids is 1. The molecule has 1 unspecified atom stereocenters. The zero-order valence-electron chi connectivity index (χ0n) is 15.2. The van der Waals surface area contributed by atoms with Crippen LogP contribution in [0.4, 0.5) is 0 Å². The van der Waals surface area contributed by atoms with Gasteiger partial charge in [0.05, 0.1) is 13.0 Å². The minimum Gasteiger partial charge on any atom is -0.481 e. The van der Waals surface area contributed by atoms with E-state index in [1.807, 2.05) is 37.3 Å². The smallest absolute Gasteiger partial charge is 0.307 e. The van der Waals surface area contributed by atoms with E-state index in [2.05, 4.69) is 5.32 Å². The van der Waals surface area contributed by atoms with E-state index in [0.717, 1.165) is 11.1 Å². The van der Waals surface area contributed by atoms with Crippen LogP contribution in [0, 0.1) is 0 Å². The van der Waals surface area contributed by atoms with Crippen molar-refractivity contribution in [3.63, 3.8) is 0 Å². The number of carboxylic acids is 1. The average Bonchev–Trinajstić information content (AvgIpc) is 2.60. The fourth-order valence-electron chi connectivity index (χ4n) is 2.75. The standard InChI is InChI=1S/C20H24NO5P/c1-15(18-9-7-16(8-10-18)11-20(23)24)21-12-19(22)14-27(25,26)13-17-5-3-2-4-6-17/h2-10,15,21,25-26H,11-14H2,1H3/p+1. The Bertz CT molecular complexity index is 762. The molecule has 0 aromatic heterocycles. The molecule has 0 aliphatic rings. The van der Waals surface area contributed by atoms with Gasteiger partial charge in [0.25, 0.3) is 7.72 Å². The van der Waals surface area contributed by atoms with Gasteiger partial charge >= 0.3 is 5.97 Å². The molecule has 6 nitrogen and oxygen atoms in total. The quantitative estimate of drug-likeness (QED) is 0.465. The Labute approximate surface area is 159 Å². The van der Waals surface area contributed by atoms with Gasteiger partial charge in [0.2, 0.25) is 0 Å². The lowest BCUT2D eigenvalue weighted by Crippen LogP contribution is -2.28. The van der Waals surface area contributed by atoms with Gasteiger partial charge in [-0.05, 0) is 23.6 Å². The van der Waals surface area contributed by atoms with Crippen LogP contribution in [0.5, 0.6) is 0 Å². The summed E-state index contributed by atoms with van der Waals surface area (Å²) in [6, 6.07) is 16.1. The van der Waals surface area contributed by atoms with Crippen LogP contribution in [0.15, 0.2) is 54.6 Å². The summed E-state index contributed by atoms with van der Waals surface area (Å²) < 4.78 is 0. The van der Waals surface area contributed by atoms with Gasteiger partial charge in [0.1, 0.15) is 6.16 Å². The highest BCUT2D eigenvalue weighted by atomic mass is 31.2. The Balaban J connectivity index is 1.82. The van der Waals surface area contributed by atoms with Gasteiger partial charge in [0, 0.05) is 6.04 Å². The molecule has 27 heavy (non-hydrogen) atoms. The molecule has 2 rings (SSSR count). The van der Waals surface area contributed by atoms with Crippen LogP contribution in [0.1, 0.15) is 29.7 Å². The lowest BCUT2D eigenvalue weighted by molar-refractivity contribution is -0.136. The summed E-state index contributed by atoms with van der Waals surface area (Å²) in [5, 5.41) is 11.9. The van der Waals surface area contributed by atoms with Gasteiger partial charge in [0.15, 0.2) is 11.9 Å². The highest BCUT2D eigenvalue weighted by molar-refractivity contribution is 7.64. The number of benzene rings is 2. The largest absolute Gasteiger partial charge is 0.481 e. The van der Waals surface area contributed by atoms with Crippen molar-refractivity contribution in [1.82, 2.24) is 5.32 Å². The van der Waals surface area contributed by atoms with Crippen molar-refractivity contribution in [2.45, 2.75) is 25.5 Å². The first kappa shape index (κ1) is 21.2. The number of aliphatic carboxylic acids is 1. The molecule has 0 spiro atoms. The minimum absolute atomic E-state index is 0.0270. The van der Waals surface area contributed by atoms with Crippen molar-refractivity contribution in [2.75, 3.05) is 12.7 Å². The van der Waals surface area contributed by atoms with Crippen molar-refractivity contribution in [2.24, 2.45) is 0 Å². The summed E-state index contributed by atoms with van der Waals surface area (Å²) >= 11 is 0. The molecule has 0 saturated heterocycles. The molecule has 0 radical (unpaired) electrons. The van der Waals surface area contributed by atoms with Crippen LogP contribution in [-0.2, 0) is 22.2 Å². The third-order valence-corrected chi connectivity index (χ3v) is 5.88. The van der Waals surface area contributed by atoms with Gasteiger partial charge in [-0.1, -0.05) is 54.6 Å². The van der Waals surface area contributed by atoms with Gasteiger partial charge < -0.3 is 10.4 Å². The molecular weight excluding hydrogens is 365 g/mol. The van der Waals surface area contributed by atoms with Crippen LogP contribution in [-0.4, -0.2) is 39.4 Å². The maximum atomic E-state index is 12.1. The van der Waals surface area contributed by atoms with Crippen LogP contribution in [0.2, 0.25) is 0 Å². The predicted molar refractivity (Wildman–Crippen MR) is 106 cm³/mol. The molecule has 2 aromatic rings. The summed E-state index contributed by atoms with van der Waals surface area (Å²) in [6.45, 7) is 1.93. The summed E-state index contributed by atoms with van der Waals surface area (Å²) in [5.74, 6) is -1.13. The van der Waals surface area contributed by atoms with E-state index in [9.17, 15) is 19.4 Å². The van der Waals surface area contributed by atoms with Crippen molar-refractivity contribution in [3.8, 4) is 0 Å². The number of Topliss-reactive ketones (excluding diaryl/α,β-unsaturated/α-hetero) is 1. The van der Waals surface area contributed by atoms with Crippen molar-refractivity contribution in [3.05, 3.63) is 71.3 Å². The molecule has 0 aliphatic heterocycles. The third kappa shape index (κ3) is 7.57. The first-order chi connectivity index (χ1) is 12.7. The van der Waals surface area contributed by atoms with Gasteiger partial charge in [-0.3, -0.25) is 9.59 Å². The zero-order chi connectivity index (χ0) is 19.9. The van der Waals surface area contributed by atoms with E-state index in [1.165, 1.54) is 0 Å². The number of hydrogen-bond acceptors (Lipinski definition) is 5.